The fraction of sp³-hybridized carbons (Fsp3) is 0.533. The van der Waals surface area contributed by atoms with E-state index in [-0.39, 0.29) is 18.0 Å². The van der Waals surface area contributed by atoms with Gasteiger partial charge in [-0.1, -0.05) is 23.7 Å². The van der Waals surface area contributed by atoms with Crippen LogP contribution in [0.5, 0.6) is 0 Å². The van der Waals surface area contributed by atoms with Gasteiger partial charge in [0, 0.05) is 11.1 Å². The van der Waals surface area contributed by atoms with E-state index in [1.807, 2.05) is 31.2 Å². The second-order valence-electron chi connectivity index (χ2n) is 5.80. The number of hydrazine groups is 1. The van der Waals surface area contributed by atoms with Gasteiger partial charge in [-0.15, -0.1) is 0 Å². The molecule has 1 aromatic rings. The van der Waals surface area contributed by atoms with Crippen molar-refractivity contribution in [1.82, 2.24) is 16.2 Å². The van der Waals surface area contributed by atoms with Gasteiger partial charge in [0.15, 0.2) is 0 Å². The lowest BCUT2D eigenvalue weighted by molar-refractivity contribution is -0.123. The summed E-state index contributed by atoms with van der Waals surface area (Å²) in [6, 6.07) is 7.89. The van der Waals surface area contributed by atoms with E-state index in [0.717, 1.165) is 17.9 Å². The Morgan fingerprint density at radius 3 is 2.65 bits per heavy atom. The first-order valence-electron chi connectivity index (χ1n) is 7.20. The Kier molecular flexibility index (Phi) is 3.96. The summed E-state index contributed by atoms with van der Waals surface area (Å²) in [4.78, 5) is 12.2. The monoisotopic (exact) mass is 293 g/mol. The third-order valence-corrected chi connectivity index (χ3v) is 4.42. The number of nitrogens with one attached hydrogen (secondary N) is 3. The molecule has 108 valence electrons. The van der Waals surface area contributed by atoms with Crippen molar-refractivity contribution in [2.45, 2.75) is 44.3 Å². The maximum absolute atomic E-state index is 12.2. The lowest BCUT2D eigenvalue weighted by Crippen LogP contribution is -2.44. The third kappa shape index (κ3) is 3.14. The Morgan fingerprint density at radius 2 is 2.00 bits per heavy atom. The second-order valence-corrected chi connectivity index (χ2v) is 6.24. The van der Waals surface area contributed by atoms with E-state index in [2.05, 4.69) is 16.2 Å². The van der Waals surface area contributed by atoms with Gasteiger partial charge in [0.25, 0.3) is 0 Å². The van der Waals surface area contributed by atoms with E-state index in [9.17, 15) is 4.79 Å². The summed E-state index contributed by atoms with van der Waals surface area (Å²) in [5, 5.41) is 3.76. The maximum Gasteiger partial charge on any atom is 0.239 e. The van der Waals surface area contributed by atoms with E-state index in [1.165, 1.54) is 12.8 Å². The van der Waals surface area contributed by atoms with Crippen molar-refractivity contribution in [2.75, 3.05) is 0 Å². The summed E-state index contributed by atoms with van der Waals surface area (Å²) in [5.41, 5.74) is 7.41. The molecule has 3 unspecified atom stereocenters. The number of hydrogen-bond donors (Lipinski definition) is 3. The predicted octanol–water partition coefficient (Wildman–Crippen LogP) is 2.16. The third-order valence-electron chi connectivity index (χ3n) is 4.17. The molecule has 0 bridgehead atoms. The van der Waals surface area contributed by atoms with Gasteiger partial charge in [-0.2, -0.15) is 0 Å². The molecule has 2 aliphatic rings. The molecule has 1 amide bonds. The van der Waals surface area contributed by atoms with Crippen LogP contribution in [0.25, 0.3) is 0 Å². The summed E-state index contributed by atoms with van der Waals surface area (Å²) < 4.78 is 0. The highest BCUT2D eigenvalue weighted by Crippen LogP contribution is 2.35. The minimum absolute atomic E-state index is 0.0125. The summed E-state index contributed by atoms with van der Waals surface area (Å²) in [6.07, 6.45) is 3.45. The molecule has 3 N–H and O–H groups in total. The Balaban J connectivity index is 1.54. The minimum atomic E-state index is -0.129. The fourth-order valence-corrected chi connectivity index (χ4v) is 2.84. The molecule has 0 radical (unpaired) electrons. The van der Waals surface area contributed by atoms with Crippen molar-refractivity contribution in [3.05, 3.63) is 34.9 Å². The van der Waals surface area contributed by atoms with Crippen LogP contribution in [0.4, 0.5) is 0 Å². The Hall–Kier alpha value is -1.10. The molecule has 4 nitrogen and oxygen atoms in total. The highest BCUT2D eigenvalue weighted by Gasteiger charge is 2.38. The molecule has 1 aromatic carbocycles. The number of rotatable bonds is 4. The van der Waals surface area contributed by atoms with Gasteiger partial charge in [-0.3, -0.25) is 10.2 Å². The van der Waals surface area contributed by atoms with Crippen molar-refractivity contribution >= 4 is 17.5 Å². The van der Waals surface area contributed by atoms with Crippen LogP contribution in [0.2, 0.25) is 5.02 Å². The normalized spacial score (nSPS) is 27.3. The summed E-state index contributed by atoms with van der Waals surface area (Å²) in [6.45, 7) is 1.99. The van der Waals surface area contributed by atoms with Crippen LogP contribution in [-0.2, 0) is 4.79 Å². The molecule has 0 aromatic heterocycles. The lowest BCUT2D eigenvalue weighted by Gasteiger charge is -2.17. The average Bonchev–Trinajstić information content (AvgIpc) is 3.17. The largest absolute Gasteiger partial charge is 0.348 e. The molecule has 1 aliphatic heterocycles. The van der Waals surface area contributed by atoms with E-state index in [0.29, 0.717) is 11.1 Å². The SMILES string of the molecule is CC(NC(=O)C1CC(C2CC2)NN1)c1ccc(Cl)cc1. The number of hydrogen-bond acceptors (Lipinski definition) is 3. The second kappa shape index (κ2) is 5.72. The molecule has 1 aliphatic carbocycles. The van der Waals surface area contributed by atoms with Crippen molar-refractivity contribution in [1.29, 1.82) is 0 Å². The zero-order valence-electron chi connectivity index (χ0n) is 11.5. The smallest absolute Gasteiger partial charge is 0.239 e. The first-order chi connectivity index (χ1) is 9.63. The van der Waals surface area contributed by atoms with E-state index in [4.69, 9.17) is 11.6 Å². The van der Waals surface area contributed by atoms with Gasteiger partial charge in [0.05, 0.1) is 6.04 Å². The molecule has 3 atom stereocenters. The van der Waals surface area contributed by atoms with E-state index >= 15 is 0 Å². The number of carbonyl (C=O) groups is 1. The minimum Gasteiger partial charge on any atom is -0.348 e. The molecule has 3 rings (SSSR count). The van der Waals surface area contributed by atoms with Crippen LogP contribution in [-0.4, -0.2) is 18.0 Å². The summed E-state index contributed by atoms with van der Waals surface area (Å²) >= 11 is 5.87. The fourth-order valence-electron chi connectivity index (χ4n) is 2.71. The molecule has 1 saturated carbocycles. The molecular formula is C15H20ClN3O. The van der Waals surface area contributed by atoms with Crippen LogP contribution < -0.4 is 16.2 Å². The van der Waals surface area contributed by atoms with E-state index < -0.39 is 0 Å². The molecule has 5 heteroatoms. The van der Waals surface area contributed by atoms with Gasteiger partial charge >= 0.3 is 0 Å². The van der Waals surface area contributed by atoms with Gasteiger partial charge < -0.3 is 5.32 Å². The quantitative estimate of drug-likeness (QED) is 0.797. The standard InChI is InChI=1S/C15H20ClN3O/c1-9(10-4-6-12(16)7-5-10)17-15(20)14-8-13(18-19-14)11-2-3-11/h4-7,9,11,13-14,18-19H,2-3,8H2,1H3,(H,17,20). The highest BCUT2D eigenvalue weighted by atomic mass is 35.5. The highest BCUT2D eigenvalue weighted by molar-refractivity contribution is 6.30. The number of halogens is 1. The van der Waals surface area contributed by atoms with Gasteiger partial charge in [-0.25, -0.2) is 5.43 Å². The first-order valence-corrected chi connectivity index (χ1v) is 7.58. The van der Waals surface area contributed by atoms with Crippen molar-refractivity contribution in [3.63, 3.8) is 0 Å². The van der Waals surface area contributed by atoms with Crippen LogP contribution in [0, 0.1) is 5.92 Å². The Labute approximate surface area is 124 Å². The van der Waals surface area contributed by atoms with Crippen LogP contribution in [0.1, 0.15) is 37.8 Å². The van der Waals surface area contributed by atoms with Crippen LogP contribution >= 0.6 is 11.6 Å². The van der Waals surface area contributed by atoms with Crippen molar-refractivity contribution in [2.24, 2.45) is 5.92 Å². The average molecular weight is 294 g/mol. The van der Waals surface area contributed by atoms with Gasteiger partial charge in [0.2, 0.25) is 5.91 Å². The maximum atomic E-state index is 12.2. The zero-order valence-corrected chi connectivity index (χ0v) is 12.3. The molecular weight excluding hydrogens is 274 g/mol. The predicted molar refractivity (Wildman–Crippen MR) is 79.2 cm³/mol. The van der Waals surface area contributed by atoms with Crippen LogP contribution in [0.3, 0.4) is 0 Å². The molecule has 1 saturated heterocycles. The van der Waals surface area contributed by atoms with Crippen molar-refractivity contribution in [3.8, 4) is 0 Å². The first kappa shape index (κ1) is 13.9. The molecule has 2 fully saturated rings. The topological polar surface area (TPSA) is 53.2 Å². The number of benzene rings is 1. The lowest BCUT2D eigenvalue weighted by atomic mass is 10.0. The zero-order chi connectivity index (χ0) is 14.1. The Bertz CT molecular complexity index is 486. The van der Waals surface area contributed by atoms with Gasteiger partial charge in [-0.05, 0) is 49.8 Å². The summed E-state index contributed by atoms with van der Waals surface area (Å²) in [5.74, 6) is 0.817. The van der Waals surface area contributed by atoms with Crippen LogP contribution in [0.15, 0.2) is 24.3 Å². The Morgan fingerprint density at radius 1 is 1.30 bits per heavy atom. The summed E-state index contributed by atoms with van der Waals surface area (Å²) in [7, 11) is 0. The van der Waals surface area contributed by atoms with Crippen molar-refractivity contribution < 1.29 is 4.79 Å². The molecule has 1 heterocycles. The number of amides is 1. The number of carbonyl (C=O) groups excluding carboxylic acids is 1. The molecule has 0 spiro atoms. The van der Waals surface area contributed by atoms with Gasteiger partial charge in [0.1, 0.15) is 6.04 Å². The van der Waals surface area contributed by atoms with E-state index in [1.54, 1.807) is 0 Å². The molecule has 20 heavy (non-hydrogen) atoms.